The van der Waals surface area contributed by atoms with Crippen molar-refractivity contribution in [1.29, 1.82) is 0 Å². The second-order valence-electron chi connectivity index (χ2n) is 7.70. The van der Waals surface area contributed by atoms with Crippen LogP contribution in [0.25, 0.3) is 0 Å². The Morgan fingerprint density at radius 2 is 1.47 bits per heavy atom. The van der Waals surface area contributed by atoms with E-state index in [2.05, 4.69) is 0 Å². The van der Waals surface area contributed by atoms with E-state index < -0.39 is 0 Å². The molecule has 5 rings (SSSR count). The van der Waals surface area contributed by atoms with Gasteiger partial charge < -0.3 is 5.73 Å². The summed E-state index contributed by atoms with van der Waals surface area (Å²) in [5.41, 5.74) is 6.61. The van der Waals surface area contributed by atoms with Crippen LogP contribution in [0.1, 0.15) is 57.8 Å². The van der Waals surface area contributed by atoms with Crippen LogP contribution in [0, 0.1) is 35.5 Å². The molecule has 0 radical (unpaired) electrons. The molecule has 5 aliphatic rings. The Labute approximate surface area is 106 Å². The molecular formula is C16H27N. The van der Waals surface area contributed by atoms with Crippen LogP contribution in [-0.2, 0) is 0 Å². The lowest BCUT2D eigenvalue weighted by molar-refractivity contribution is -0.0506. The maximum Gasteiger partial charge on any atom is 0.00751 e. The van der Waals surface area contributed by atoms with Crippen molar-refractivity contribution < 1.29 is 0 Å². The zero-order valence-electron chi connectivity index (χ0n) is 11.0. The first kappa shape index (κ1) is 10.8. The third kappa shape index (κ3) is 1.77. The van der Waals surface area contributed by atoms with Gasteiger partial charge in [-0.25, -0.2) is 0 Å². The van der Waals surface area contributed by atoms with Gasteiger partial charge in [0.15, 0.2) is 0 Å². The molecule has 5 saturated carbocycles. The predicted octanol–water partition coefficient (Wildman–Crippen LogP) is 3.58. The monoisotopic (exact) mass is 233 g/mol. The molecule has 5 fully saturated rings. The Morgan fingerprint density at radius 1 is 0.882 bits per heavy atom. The van der Waals surface area contributed by atoms with Crippen LogP contribution in [0.15, 0.2) is 0 Å². The lowest BCUT2D eigenvalue weighted by Crippen LogP contribution is -2.52. The molecule has 0 saturated heterocycles. The summed E-state index contributed by atoms with van der Waals surface area (Å²) in [6.45, 7) is 0. The second-order valence-corrected chi connectivity index (χ2v) is 7.70. The molecule has 0 amide bonds. The molecule has 17 heavy (non-hydrogen) atoms. The van der Waals surface area contributed by atoms with Crippen molar-refractivity contribution in [2.24, 2.45) is 41.2 Å². The lowest BCUT2D eigenvalue weighted by Gasteiger charge is -2.56. The fourth-order valence-corrected chi connectivity index (χ4v) is 5.94. The van der Waals surface area contributed by atoms with Crippen molar-refractivity contribution in [3.8, 4) is 0 Å². The molecule has 1 heteroatoms. The van der Waals surface area contributed by atoms with Crippen molar-refractivity contribution in [2.45, 2.75) is 63.8 Å². The molecular weight excluding hydrogens is 206 g/mol. The second kappa shape index (κ2) is 3.98. The van der Waals surface area contributed by atoms with Crippen LogP contribution >= 0.6 is 0 Å². The fourth-order valence-electron chi connectivity index (χ4n) is 5.94. The van der Waals surface area contributed by atoms with Gasteiger partial charge in [-0.3, -0.25) is 0 Å². The van der Waals surface area contributed by atoms with E-state index >= 15 is 0 Å². The molecule has 4 bridgehead atoms. The Bertz CT molecular complexity index is 266. The van der Waals surface area contributed by atoms with Crippen molar-refractivity contribution >= 4 is 0 Å². The quantitative estimate of drug-likeness (QED) is 0.792. The molecule has 0 aromatic carbocycles. The van der Waals surface area contributed by atoms with Crippen LogP contribution in [0.4, 0.5) is 0 Å². The zero-order valence-corrected chi connectivity index (χ0v) is 11.0. The molecule has 0 heterocycles. The lowest BCUT2D eigenvalue weighted by atomic mass is 9.50. The summed E-state index contributed by atoms with van der Waals surface area (Å²) in [5, 5.41) is 0. The van der Waals surface area contributed by atoms with Gasteiger partial charge in [-0.15, -0.1) is 0 Å². The van der Waals surface area contributed by atoms with Crippen LogP contribution in [0.5, 0.6) is 0 Å². The first-order chi connectivity index (χ1) is 8.29. The van der Waals surface area contributed by atoms with E-state index in [4.69, 9.17) is 5.73 Å². The smallest absolute Gasteiger partial charge is 0.00751 e. The van der Waals surface area contributed by atoms with E-state index in [1.807, 2.05) is 0 Å². The summed E-state index contributed by atoms with van der Waals surface area (Å²) in [6.07, 6.45) is 13.5. The zero-order chi connectivity index (χ0) is 11.4. The summed E-state index contributed by atoms with van der Waals surface area (Å²) >= 11 is 0. The summed E-state index contributed by atoms with van der Waals surface area (Å²) < 4.78 is 0. The summed E-state index contributed by atoms with van der Waals surface area (Å²) in [7, 11) is 0. The minimum absolute atomic E-state index is 0.551. The van der Waals surface area contributed by atoms with Crippen LogP contribution in [0.3, 0.4) is 0 Å². The molecule has 1 nitrogen and oxygen atoms in total. The van der Waals surface area contributed by atoms with Gasteiger partial charge in [-0.05, 0) is 74.0 Å². The average molecular weight is 233 g/mol. The Hall–Kier alpha value is -0.0400. The Balaban J connectivity index is 1.46. The van der Waals surface area contributed by atoms with Crippen molar-refractivity contribution in [3.63, 3.8) is 0 Å². The van der Waals surface area contributed by atoms with Crippen LogP contribution < -0.4 is 5.73 Å². The topological polar surface area (TPSA) is 26.0 Å². The van der Waals surface area contributed by atoms with Crippen molar-refractivity contribution in [2.75, 3.05) is 0 Å². The highest BCUT2D eigenvalue weighted by molar-refractivity contribution is 5.01. The average Bonchev–Trinajstić information content (AvgIpc) is 2.22. The highest BCUT2D eigenvalue weighted by atomic mass is 14.7. The van der Waals surface area contributed by atoms with Gasteiger partial charge in [0.05, 0.1) is 0 Å². The molecule has 96 valence electrons. The van der Waals surface area contributed by atoms with Crippen molar-refractivity contribution in [1.82, 2.24) is 0 Å². The molecule has 0 aliphatic heterocycles. The Kier molecular flexibility index (Phi) is 2.54. The number of hydrogen-bond donors (Lipinski definition) is 1. The SMILES string of the molecule is NC(CC1CCC1)C1C2CC3CC(C2)CC1C3. The van der Waals surface area contributed by atoms with E-state index in [1.165, 1.54) is 51.4 Å². The van der Waals surface area contributed by atoms with Gasteiger partial charge in [0.2, 0.25) is 0 Å². The molecule has 1 unspecified atom stereocenters. The maximum absolute atomic E-state index is 6.61. The third-order valence-corrected chi connectivity index (χ3v) is 6.62. The standard InChI is InChI=1S/C16H27N/c17-15(9-10-2-1-3-10)16-13-5-11-4-12(7-13)8-14(16)6-11/h10-16H,1-9,17H2. The van der Waals surface area contributed by atoms with E-state index in [-0.39, 0.29) is 0 Å². The van der Waals surface area contributed by atoms with Crippen LogP contribution in [-0.4, -0.2) is 6.04 Å². The third-order valence-electron chi connectivity index (χ3n) is 6.62. The van der Waals surface area contributed by atoms with Gasteiger partial charge in [-0.2, -0.15) is 0 Å². The van der Waals surface area contributed by atoms with Crippen LogP contribution in [0.2, 0.25) is 0 Å². The van der Waals surface area contributed by atoms with E-state index in [0.717, 1.165) is 35.5 Å². The van der Waals surface area contributed by atoms with Gasteiger partial charge in [0, 0.05) is 6.04 Å². The van der Waals surface area contributed by atoms with Gasteiger partial charge in [0.25, 0.3) is 0 Å². The Morgan fingerprint density at radius 3 is 1.94 bits per heavy atom. The van der Waals surface area contributed by atoms with Gasteiger partial charge >= 0.3 is 0 Å². The van der Waals surface area contributed by atoms with Gasteiger partial charge in [-0.1, -0.05) is 19.3 Å². The number of hydrogen-bond acceptors (Lipinski definition) is 1. The summed E-state index contributed by atoms with van der Waals surface area (Å²) in [5.74, 6) is 6.18. The highest BCUT2D eigenvalue weighted by Gasteiger charge is 2.49. The summed E-state index contributed by atoms with van der Waals surface area (Å²) in [6, 6.07) is 0.551. The number of nitrogens with two attached hydrogens (primary N) is 1. The first-order valence-corrected chi connectivity index (χ1v) is 8.05. The summed E-state index contributed by atoms with van der Waals surface area (Å²) in [4.78, 5) is 0. The fraction of sp³-hybridized carbons (Fsp3) is 1.00. The van der Waals surface area contributed by atoms with Gasteiger partial charge in [0.1, 0.15) is 0 Å². The molecule has 2 N–H and O–H groups in total. The molecule has 1 atom stereocenters. The number of rotatable bonds is 3. The molecule has 0 spiro atoms. The minimum atomic E-state index is 0.551. The van der Waals surface area contributed by atoms with E-state index in [0.29, 0.717) is 6.04 Å². The highest BCUT2D eigenvalue weighted by Crippen LogP contribution is 2.57. The predicted molar refractivity (Wildman–Crippen MR) is 70.5 cm³/mol. The first-order valence-electron chi connectivity index (χ1n) is 8.05. The molecule has 0 aromatic heterocycles. The largest absolute Gasteiger partial charge is 0.327 e. The molecule has 0 aromatic rings. The maximum atomic E-state index is 6.61. The molecule has 5 aliphatic carbocycles. The van der Waals surface area contributed by atoms with E-state index in [1.54, 1.807) is 6.42 Å². The normalized spacial score (nSPS) is 50.3. The van der Waals surface area contributed by atoms with E-state index in [9.17, 15) is 0 Å². The van der Waals surface area contributed by atoms with Crippen molar-refractivity contribution in [3.05, 3.63) is 0 Å². The minimum Gasteiger partial charge on any atom is -0.327 e.